The fraction of sp³-hybridized carbons (Fsp3) is 0.391. The maximum absolute atomic E-state index is 13.4. The molecule has 0 aliphatic rings. The molecule has 0 spiro atoms. The van der Waals surface area contributed by atoms with Crippen molar-refractivity contribution in [1.29, 1.82) is 0 Å². The summed E-state index contributed by atoms with van der Waals surface area (Å²) in [6.07, 6.45) is 1.75. The van der Waals surface area contributed by atoms with E-state index in [-0.39, 0.29) is 29.0 Å². The quantitative estimate of drug-likeness (QED) is 0.431. The van der Waals surface area contributed by atoms with E-state index >= 15 is 0 Å². The van der Waals surface area contributed by atoms with Gasteiger partial charge in [-0.3, -0.25) is 9.69 Å². The molecule has 6 nitrogen and oxygen atoms in total. The van der Waals surface area contributed by atoms with Crippen molar-refractivity contribution in [1.82, 2.24) is 9.88 Å². The van der Waals surface area contributed by atoms with Gasteiger partial charge in [-0.05, 0) is 75.4 Å². The van der Waals surface area contributed by atoms with E-state index in [0.29, 0.717) is 17.2 Å². The van der Waals surface area contributed by atoms with Crippen molar-refractivity contribution in [3.63, 3.8) is 0 Å². The lowest BCUT2D eigenvalue weighted by molar-refractivity contribution is 0.0986. The highest BCUT2D eigenvalue weighted by Gasteiger charge is 2.22. The summed E-state index contributed by atoms with van der Waals surface area (Å²) < 4.78 is 25.2. The van der Waals surface area contributed by atoms with Crippen molar-refractivity contribution >= 4 is 54.8 Å². The first kappa shape index (κ1) is 26.3. The Morgan fingerprint density at radius 3 is 2.31 bits per heavy atom. The normalized spacial score (nSPS) is 11.5. The minimum atomic E-state index is -3.30. The molecule has 174 valence electrons. The lowest BCUT2D eigenvalue weighted by Crippen LogP contribution is -2.33. The van der Waals surface area contributed by atoms with E-state index in [2.05, 4.69) is 24.0 Å². The number of rotatable bonds is 9. The molecule has 1 aromatic heterocycles. The van der Waals surface area contributed by atoms with Gasteiger partial charge in [-0.1, -0.05) is 31.3 Å². The summed E-state index contributed by atoms with van der Waals surface area (Å²) in [4.78, 5) is 22.1. The standard InChI is InChI=1S/C23H29N3O3S2.ClH/c1-5-17-8-13-20-21(16-17)30-23(24-20)26(15-7-14-25(3)4)22(27)18-9-11-19(12-10-18)31(28,29)6-2;/h8-13,16H,5-7,14-15H2,1-4H3;1H. The average Bonchev–Trinajstić information content (AvgIpc) is 3.19. The summed E-state index contributed by atoms with van der Waals surface area (Å²) in [5.74, 6) is -0.142. The van der Waals surface area contributed by atoms with E-state index in [0.717, 1.165) is 29.6 Å². The molecule has 0 unspecified atom stereocenters. The van der Waals surface area contributed by atoms with Gasteiger partial charge in [-0.15, -0.1) is 12.4 Å². The van der Waals surface area contributed by atoms with Crippen molar-refractivity contribution in [3.8, 4) is 0 Å². The van der Waals surface area contributed by atoms with Gasteiger partial charge in [0, 0.05) is 12.1 Å². The molecule has 0 radical (unpaired) electrons. The van der Waals surface area contributed by atoms with Crippen LogP contribution in [0, 0.1) is 0 Å². The molecule has 0 bridgehead atoms. The molecule has 0 saturated carbocycles. The number of carbonyl (C=O) groups excluding carboxylic acids is 1. The van der Waals surface area contributed by atoms with Gasteiger partial charge in [-0.2, -0.15) is 0 Å². The molecular weight excluding hydrogens is 466 g/mol. The van der Waals surface area contributed by atoms with Crippen LogP contribution in [0.4, 0.5) is 5.13 Å². The molecule has 3 rings (SSSR count). The lowest BCUT2D eigenvalue weighted by Gasteiger charge is -2.21. The van der Waals surface area contributed by atoms with E-state index in [9.17, 15) is 13.2 Å². The summed E-state index contributed by atoms with van der Waals surface area (Å²) in [6.45, 7) is 5.11. The van der Waals surface area contributed by atoms with Gasteiger partial charge in [0.1, 0.15) is 0 Å². The van der Waals surface area contributed by atoms with Crippen molar-refractivity contribution in [2.24, 2.45) is 0 Å². The average molecular weight is 496 g/mol. The summed E-state index contributed by atoms with van der Waals surface area (Å²) in [5, 5.41) is 0.664. The number of benzene rings is 2. The van der Waals surface area contributed by atoms with Gasteiger partial charge in [0.05, 0.1) is 20.9 Å². The van der Waals surface area contributed by atoms with Crippen LogP contribution in [0.2, 0.25) is 0 Å². The molecule has 3 aromatic rings. The summed E-state index contributed by atoms with van der Waals surface area (Å²) >= 11 is 1.51. The molecular formula is C23H30ClN3O3S2. The second kappa shape index (κ2) is 11.2. The molecule has 0 aliphatic heterocycles. The Kier molecular flexibility index (Phi) is 9.21. The molecule has 1 heterocycles. The lowest BCUT2D eigenvalue weighted by atomic mass is 10.2. The van der Waals surface area contributed by atoms with E-state index < -0.39 is 9.84 Å². The number of aryl methyl sites for hydroxylation is 1. The Morgan fingerprint density at radius 1 is 1.03 bits per heavy atom. The smallest absolute Gasteiger partial charge is 0.260 e. The Balaban J connectivity index is 0.00000363. The first-order valence-corrected chi connectivity index (χ1v) is 12.9. The van der Waals surface area contributed by atoms with Crippen LogP contribution in [0.5, 0.6) is 0 Å². The highest BCUT2D eigenvalue weighted by Crippen LogP contribution is 2.31. The number of amides is 1. The number of sulfone groups is 1. The van der Waals surface area contributed by atoms with Crippen LogP contribution in [0.1, 0.15) is 36.2 Å². The number of fused-ring (bicyclic) bond motifs is 1. The van der Waals surface area contributed by atoms with Crippen LogP contribution in [0.15, 0.2) is 47.4 Å². The predicted octanol–water partition coefficient (Wildman–Crippen LogP) is 4.67. The molecule has 9 heteroatoms. The van der Waals surface area contributed by atoms with Crippen LogP contribution in [-0.2, 0) is 16.3 Å². The second-order valence-electron chi connectivity index (χ2n) is 7.69. The largest absolute Gasteiger partial charge is 0.309 e. The monoisotopic (exact) mass is 495 g/mol. The molecule has 0 saturated heterocycles. The van der Waals surface area contributed by atoms with Crippen LogP contribution < -0.4 is 4.90 Å². The second-order valence-corrected chi connectivity index (χ2v) is 11.0. The molecule has 1 amide bonds. The Morgan fingerprint density at radius 2 is 1.72 bits per heavy atom. The number of thiazole rings is 1. The van der Waals surface area contributed by atoms with Crippen LogP contribution in [0.3, 0.4) is 0 Å². The maximum atomic E-state index is 13.4. The van der Waals surface area contributed by atoms with Gasteiger partial charge >= 0.3 is 0 Å². The SMILES string of the molecule is CCc1ccc2nc(N(CCCN(C)C)C(=O)c3ccc(S(=O)(=O)CC)cc3)sc2c1.Cl. The third kappa shape index (κ3) is 6.07. The fourth-order valence-corrected chi connectivity index (χ4v) is 5.19. The highest BCUT2D eigenvalue weighted by atomic mass is 35.5. The summed E-state index contributed by atoms with van der Waals surface area (Å²) in [5.41, 5.74) is 2.57. The van der Waals surface area contributed by atoms with E-state index in [1.807, 2.05) is 20.2 Å². The van der Waals surface area contributed by atoms with E-state index in [1.165, 1.54) is 29.0 Å². The molecule has 2 aromatic carbocycles. The molecule has 32 heavy (non-hydrogen) atoms. The van der Waals surface area contributed by atoms with Gasteiger partial charge in [-0.25, -0.2) is 13.4 Å². The molecule has 0 N–H and O–H groups in total. The van der Waals surface area contributed by atoms with Gasteiger partial charge in [0.25, 0.3) is 5.91 Å². The number of hydrogen-bond donors (Lipinski definition) is 0. The number of anilines is 1. The molecule has 0 atom stereocenters. The topological polar surface area (TPSA) is 70.6 Å². The van der Waals surface area contributed by atoms with E-state index in [4.69, 9.17) is 4.98 Å². The Bertz CT molecular complexity index is 1160. The van der Waals surface area contributed by atoms with Gasteiger partial charge in [0.2, 0.25) is 0 Å². The van der Waals surface area contributed by atoms with Crippen LogP contribution >= 0.6 is 23.7 Å². The maximum Gasteiger partial charge on any atom is 0.260 e. The van der Waals surface area contributed by atoms with Crippen molar-refractivity contribution < 1.29 is 13.2 Å². The molecule has 0 fully saturated rings. The first-order chi connectivity index (χ1) is 14.7. The third-order valence-electron chi connectivity index (χ3n) is 5.15. The number of nitrogens with zero attached hydrogens (tertiary/aromatic N) is 3. The zero-order valence-corrected chi connectivity index (χ0v) is 21.3. The van der Waals surface area contributed by atoms with Crippen molar-refractivity contribution in [2.45, 2.75) is 31.6 Å². The van der Waals surface area contributed by atoms with Crippen LogP contribution in [0.25, 0.3) is 10.2 Å². The van der Waals surface area contributed by atoms with Crippen molar-refractivity contribution in [2.75, 3.05) is 37.8 Å². The van der Waals surface area contributed by atoms with Crippen LogP contribution in [-0.4, -0.2) is 57.1 Å². The molecule has 0 aliphatic carbocycles. The van der Waals surface area contributed by atoms with Gasteiger partial charge in [0.15, 0.2) is 15.0 Å². The Labute approximate surface area is 200 Å². The van der Waals surface area contributed by atoms with Gasteiger partial charge < -0.3 is 4.90 Å². The number of halogens is 1. The Hall–Kier alpha value is -2.00. The number of aromatic nitrogens is 1. The number of hydrogen-bond acceptors (Lipinski definition) is 6. The third-order valence-corrected chi connectivity index (χ3v) is 7.94. The zero-order chi connectivity index (χ0) is 22.6. The minimum absolute atomic E-state index is 0. The van der Waals surface area contributed by atoms with Crippen molar-refractivity contribution in [3.05, 3.63) is 53.6 Å². The number of carbonyl (C=O) groups is 1. The highest BCUT2D eigenvalue weighted by molar-refractivity contribution is 7.91. The summed E-state index contributed by atoms with van der Waals surface area (Å²) in [7, 11) is 0.705. The fourth-order valence-electron chi connectivity index (χ4n) is 3.25. The zero-order valence-electron chi connectivity index (χ0n) is 18.9. The van der Waals surface area contributed by atoms with E-state index in [1.54, 1.807) is 24.0 Å². The minimum Gasteiger partial charge on any atom is -0.309 e. The summed E-state index contributed by atoms with van der Waals surface area (Å²) in [6, 6.07) is 12.4. The predicted molar refractivity (Wildman–Crippen MR) is 135 cm³/mol. The first-order valence-electron chi connectivity index (χ1n) is 10.4.